The van der Waals surface area contributed by atoms with E-state index in [9.17, 15) is 9.59 Å². The molecule has 1 N–H and O–H groups in total. The number of anilines is 1. The zero-order chi connectivity index (χ0) is 19.3. The molecular weight excluding hydrogens is 338 g/mol. The lowest BCUT2D eigenvalue weighted by Crippen LogP contribution is -2.24. The Balaban J connectivity index is 2.41. The Bertz CT molecular complexity index is 803. The van der Waals surface area contributed by atoms with Crippen molar-refractivity contribution in [1.29, 1.82) is 0 Å². The fourth-order valence-electron chi connectivity index (χ4n) is 2.23. The molecule has 0 bridgehead atoms. The average molecular weight is 359 g/mol. The molecule has 26 heavy (non-hydrogen) atoms. The van der Waals surface area contributed by atoms with Gasteiger partial charge in [-0.3, -0.25) is 9.59 Å². The number of aromatic nitrogens is 1. The molecule has 138 valence electrons. The summed E-state index contributed by atoms with van der Waals surface area (Å²) in [5, 5.41) is 2.72. The monoisotopic (exact) mass is 359 g/mol. The molecule has 1 aromatic heterocycles. The van der Waals surface area contributed by atoms with Crippen molar-refractivity contribution in [3.8, 4) is 17.4 Å². The first kappa shape index (κ1) is 19.0. The van der Waals surface area contributed by atoms with Crippen LogP contribution in [0.15, 0.2) is 30.5 Å². The number of carbonyl (C=O) groups excluding carboxylic acids is 2. The first-order valence-electron chi connectivity index (χ1n) is 7.70. The summed E-state index contributed by atoms with van der Waals surface area (Å²) in [6.45, 7) is 0. The number of carbonyl (C=O) groups is 2. The van der Waals surface area contributed by atoms with Crippen LogP contribution in [0, 0.1) is 0 Å². The minimum Gasteiger partial charge on any atom is -0.493 e. The number of nitrogens with zero attached hydrogens (tertiary/aromatic N) is 2. The standard InChI is InChI=1S/C18H21N3O5/c1-21(2)18(23)12-8-14(24-3)15(25-4)9-13(12)20-17(22)11-6-7-16(26-5)19-10-11/h6-10H,1-5H3,(H,20,22). The molecule has 0 spiro atoms. The average Bonchev–Trinajstić information content (AvgIpc) is 2.66. The van der Waals surface area contributed by atoms with E-state index in [2.05, 4.69) is 10.3 Å². The van der Waals surface area contributed by atoms with Gasteiger partial charge in [0.25, 0.3) is 11.8 Å². The number of amides is 2. The van der Waals surface area contributed by atoms with Crippen LogP contribution in [-0.4, -0.2) is 57.1 Å². The van der Waals surface area contributed by atoms with Crippen LogP contribution in [-0.2, 0) is 0 Å². The van der Waals surface area contributed by atoms with Crippen molar-refractivity contribution in [2.45, 2.75) is 0 Å². The minimum atomic E-state index is -0.417. The second-order valence-electron chi connectivity index (χ2n) is 5.50. The summed E-state index contributed by atoms with van der Waals surface area (Å²) >= 11 is 0. The number of pyridine rings is 1. The van der Waals surface area contributed by atoms with Gasteiger partial charge in [-0.1, -0.05) is 0 Å². The molecule has 0 saturated carbocycles. The number of nitrogens with one attached hydrogen (secondary N) is 1. The minimum absolute atomic E-state index is 0.280. The zero-order valence-electron chi connectivity index (χ0n) is 15.3. The summed E-state index contributed by atoms with van der Waals surface area (Å²) in [7, 11) is 7.69. The normalized spacial score (nSPS) is 10.0. The highest BCUT2D eigenvalue weighted by Crippen LogP contribution is 2.34. The number of hydrogen-bond acceptors (Lipinski definition) is 6. The second kappa shape index (κ2) is 8.19. The third-order valence-electron chi connectivity index (χ3n) is 3.62. The van der Waals surface area contributed by atoms with Gasteiger partial charge in [-0.05, 0) is 12.1 Å². The molecule has 0 aliphatic rings. The topological polar surface area (TPSA) is 90.0 Å². The first-order chi connectivity index (χ1) is 12.4. The summed E-state index contributed by atoms with van der Waals surface area (Å²) in [4.78, 5) is 30.4. The van der Waals surface area contributed by atoms with Crippen molar-refractivity contribution < 1.29 is 23.8 Å². The molecule has 0 unspecified atom stereocenters. The Morgan fingerprint density at radius 1 is 1.00 bits per heavy atom. The van der Waals surface area contributed by atoms with Crippen molar-refractivity contribution in [1.82, 2.24) is 9.88 Å². The predicted octanol–water partition coefficient (Wildman–Crippen LogP) is 2.06. The molecule has 0 fully saturated rings. The van der Waals surface area contributed by atoms with Gasteiger partial charge in [0, 0.05) is 32.4 Å². The van der Waals surface area contributed by atoms with E-state index in [1.165, 1.54) is 38.5 Å². The summed E-state index contributed by atoms with van der Waals surface area (Å²) in [6.07, 6.45) is 1.39. The van der Waals surface area contributed by atoms with E-state index < -0.39 is 5.91 Å². The number of benzene rings is 1. The molecule has 0 atom stereocenters. The van der Waals surface area contributed by atoms with E-state index in [4.69, 9.17) is 14.2 Å². The molecule has 0 aliphatic carbocycles. The summed E-state index contributed by atoms with van der Waals surface area (Å²) < 4.78 is 15.5. The van der Waals surface area contributed by atoms with Gasteiger partial charge in [0.15, 0.2) is 11.5 Å². The zero-order valence-corrected chi connectivity index (χ0v) is 15.3. The molecule has 2 amide bonds. The number of ether oxygens (including phenoxy) is 3. The van der Waals surface area contributed by atoms with E-state index in [-0.39, 0.29) is 11.5 Å². The van der Waals surface area contributed by atoms with Crippen LogP contribution in [0.4, 0.5) is 5.69 Å². The largest absolute Gasteiger partial charge is 0.493 e. The van der Waals surface area contributed by atoms with Crippen LogP contribution in [0.5, 0.6) is 17.4 Å². The van der Waals surface area contributed by atoms with Gasteiger partial charge in [-0.25, -0.2) is 4.98 Å². The maximum absolute atomic E-state index is 12.5. The van der Waals surface area contributed by atoms with E-state index in [0.29, 0.717) is 28.6 Å². The van der Waals surface area contributed by atoms with Gasteiger partial charge in [-0.15, -0.1) is 0 Å². The Labute approximate surface area is 151 Å². The highest BCUT2D eigenvalue weighted by Gasteiger charge is 2.20. The van der Waals surface area contributed by atoms with Crippen LogP contribution in [0.3, 0.4) is 0 Å². The fourth-order valence-corrected chi connectivity index (χ4v) is 2.23. The lowest BCUT2D eigenvalue weighted by Gasteiger charge is -2.18. The maximum Gasteiger partial charge on any atom is 0.257 e. The van der Waals surface area contributed by atoms with Crippen LogP contribution in [0.2, 0.25) is 0 Å². The summed E-state index contributed by atoms with van der Waals surface area (Å²) in [6, 6.07) is 6.23. The predicted molar refractivity (Wildman–Crippen MR) is 96.3 cm³/mol. The number of hydrogen-bond donors (Lipinski definition) is 1. The van der Waals surface area contributed by atoms with E-state index in [1.54, 1.807) is 32.3 Å². The molecular formula is C18H21N3O5. The Morgan fingerprint density at radius 3 is 2.15 bits per heavy atom. The van der Waals surface area contributed by atoms with Crippen molar-refractivity contribution in [3.63, 3.8) is 0 Å². The lowest BCUT2D eigenvalue weighted by atomic mass is 10.1. The van der Waals surface area contributed by atoms with Crippen LogP contribution in [0.1, 0.15) is 20.7 Å². The second-order valence-corrected chi connectivity index (χ2v) is 5.50. The van der Waals surface area contributed by atoms with Crippen LogP contribution in [0.25, 0.3) is 0 Å². The lowest BCUT2D eigenvalue weighted by molar-refractivity contribution is 0.0828. The molecule has 1 aromatic carbocycles. The van der Waals surface area contributed by atoms with Crippen molar-refractivity contribution in [2.24, 2.45) is 0 Å². The van der Waals surface area contributed by atoms with Crippen LogP contribution >= 0.6 is 0 Å². The Hall–Kier alpha value is -3.29. The van der Waals surface area contributed by atoms with Gasteiger partial charge in [0.2, 0.25) is 5.88 Å². The van der Waals surface area contributed by atoms with Crippen molar-refractivity contribution in [3.05, 3.63) is 41.6 Å². The van der Waals surface area contributed by atoms with Gasteiger partial charge in [-0.2, -0.15) is 0 Å². The van der Waals surface area contributed by atoms with E-state index in [1.807, 2.05) is 0 Å². The molecule has 0 aliphatic heterocycles. The van der Waals surface area contributed by atoms with E-state index in [0.717, 1.165) is 0 Å². The molecule has 8 heteroatoms. The molecule has 2 aromatic rings. The fraction of sp³-hybridized carbons (Fsp3) is 0.278. The third kappa shape index (κ3) is 4.02. The SMILES string of the molecule is COc1ccc(C(=O)Nc2cc(OC)c(OC)cc2C(=O)N(C)C)cn1. The molecule has 8 nitrogen and oxygen atoms in total. The molecule has 0 saturated heterocycles. The molecule has 0 radical (unpaired) electrons. The van der Waals surface area contributed by atoms with Gasteiger partial charge in [0.05, 0.1) is 38.1 Å². The maximum atomic E-state index is 12.5. The molecule has 1 heterocycles. The first-order valence-corrected chi connectivity index (χ1v) is 7.70. The van der Waals surface area contributed by atoms with Crippen molar-refractivity contribution in [2.75, 3.05) is 40.7 Å². The summed E-state index contributed by atoms with van der Waals surface area (Å²) in [5.74, 6) is 0.484. The summed E-state index contributed by atoms with van der Waals surface area (Å²) in [5.41, 5.74) is 0.911. The van der Waals surface area contributed by atoms with Gasteiger partial charge < -0.3 is 24.4 Å². The molecule has 2 rings (SSSR count). The third-order valence-corrected chi connectivity index (χ3v) is 3.62. The Morgan fingerprint density at radius 2 is 1.65 bits per heavy atom. The van der Waals surface area contributed by atoms with Crippen LogP contribution < -0.4 is 19.5 Å². The van der Waals surface area contributed by atoms with Gasteiger partial charge >= 0.3 is 0 Å². The van der Waals surface area contributed by atoms with Gasteiger partial charge in [0.1, 0.15) is 0 Å². The highest BCUT2D eigenvalue weighted by atomic mass is 16.5. The number of methoxy groups -OCH3 is 3. The Kier molecular flexibility index (Phi) is 6.00. The quantitative estimate of drug-likeness (QED) is 0.849. The van der Waals surface area contributed by atoms with E-state index >= 15 is 0 Å². The van der Waals surface area contributed by atoms with Crippen molar-refractivity contribution >= 4 is 17.5 Å². The highest BCUT2D eigenvalue weighted by molar-refractivity contribution is 6.09. The smallest absolute Gasteiger partial charge is 0.257 e. The number of rotatable bonds is 6.